The Bertz CT molecular complexity index is 1160. The molecule has 5 nitrogen and oxygen atoms in total. The van der Waals surface area contributed by atoms with Crippen LogP contribution in [0.25, 0.3) is 10.8 Å². The van der Waals surface area contributed by atoms with Crippen molar-refractivity contribution < 1.29 is 14.3 Å². The summed E-state index contributed by atoms with van der Waals surface area (Å²) in [7, 11) is 0. The van der Waals surface area contributed by atoms with Crippen molar-refractivity contribution in [2.24, 2.45) is 0 Å². The van der Waals surface area contributed by atoms with E-state index in [1.54, 1.807) is 25.1 Å². The van der Waals surface area contributed by atoms with Crippen LogP contribution in [0.2, 0.25) is 10.0 Å². The second-order valence-corrected chi connectivity index (χ2v) is 9.23. The molecule has 0 radical (unpaired) electrons. The summed E-state index contributed by atoms with van der Waals surface area (Å²) in [5.74, 6) is 0.0112. The average molecular weight is 552 g/mol. The van der Waals surface area contributed by atoms with Gasteiger partial charge in [0.05, 0.1) is 14.5 Å². The van der Waals surface area contributed by atoms with E-state index in [0.717, 1.165) is 27.2 Å². The Morgan fingerprint density at radius 2 is 1.85 bits per heavy atom. The molecule has 0 aliphatic heterocycles. The molecule has 1 N–H and O–H groups in total. The Morgan fingerprint density at radius 1 is 1.09 bits per heavy atom. The molecule has 0 saturated carbocycles. The summed E-state index contributed by atoms with van der Waals surface area (Å²) in [6.45, 7) is 4.19. The summed E-state index contributed by atoms with van der Waals surface area (Å²) in [4.78, 5) is 27.3. The summed E-state index contributed by atoms with van der Waals surface area (Å²) >= 11 is 15.7. The van der Waals surface area contributed by atoms with Crippen molar-refractivity contribution in [3.05, 3.63) is 74.7 Å². The van der Waals surface area contributed by atoms with Crippen molar-refractivity contribution in [1.29, 1.82) is 0 Å². The third-order valence-electron chi connectivity index (χ3n) is 5.23. The molecule has 0 fully saturated rings. The van der Waals surface area contributed by atoms with Crippen molar-refractivity contribution in [1.82, 2.24) is 10.2 Å². The van der Waals surface area contributed by atoms with Crippen LogP contribution in [0.15, 0.2) is 59.1 Å². The minimum Gasteiger partial charge on any atom is -0.483 e. The number of carbonyl (C=O) groups is 2. The lowest BCUT2D eigenvalue weighted by Gasteiger charge is -2.29. The van der Waals surface area contributed by atoms with Gasteiger partial charge in [-0.1, -0.05) is 66.5 Å². The van der Waals surface area contributed by atoms with Crippen LogP contribution in [0, 0.1) is 0 Å². The van der Waals surface area contributed by atoms with Crippen molar-refractivity contribution in [2.45, 2.75) is 32.9 Å². The number of benzene rings is 3. The summed E-state index contributed by atoms with van der Waals surface area (Å²) in [5, 5.41) is 5.71. The molecule has 3 rings (SSSR count). The summed E-state index contributed by atoms with van der Waals surface area (Å²) in [6, 6.07) is 16.1. The fraction of sp³-hybridized carbons (Fsp3) is 0.280. The van der Waals surface area contributed by atoms with Gasteiger partial charge < -0.3 is 15.0 Å². The van der Waals surface area contributed by atoms with Gasteiger partial charge in [-0.2, -0.15) is 0 Å². The largest absolute Gasteiger partial charge is 0.483 e. The predicted octanol–water partition coefficient (Wildman–Crippen LogP) is 6.23. The molecule has 0 aliphatic rings. The number of nitrogens with zero attached hydrogens (tertiary/aromatic N) is 1. The van der Waals surface area contributed by atoms with Crippen molar-refractivity contribution >= 4 is 61.7 Å². The maximum Gasteiger partial charge on any atom is 0.261 e. The first-order chi connectivity index (χ1) is 15.8. The molecule has 0 saturated heterocycles. The molecular formula is C25H25BrCl2N2O3. The van der Waals surface area contributed by atoms with Crippen molar-refractivity contribution in [3.8, 4) is 5.75 Å². The minimum atomic E-state index is -0.692. The van der Waals surface area contributed by atoms with Gasteiger partial charge in [0.2, 0.25) is 5.91 Å². The van der Waals surface area contributed by atoms with Crippen LogP contribution >= 0.6 is 39.1 Å². The van der Waals surface area contributed by atoms with E-state index >= 15 is 0 Å². The maximum absolute atomic E-state index is 13.2. The van der Waals surface area contributed by atoms with Gasteiger partial charge in [-0.3, -0.25) is 9.59 Å². The highest BCUT2D eigenvalue weighted by Crippen LogP contribution is 2.33. The zero-order chi connectivity index (χ0) is 24.0. The Balaban J connectivity index is 1.79. The van der Waals surface area contributed by atoms with Crippen molar-refractivity contribution in [2.75, 3.05) is 13.2 Å². The molecule has 3 aromatic carbocycles. The van der Waals surface area contributed by atoms with Gasteiger partial charge in [0.15, 0.2) is 6.61 Å². The Hall–Kier alpha value is -2.28. The van der Waals surface area contributed by atoms with E-state index in [0.29, 0.717) is 22.3 Å². The summed E-state index contributed by atoms with van der Waals surface area (Å²) in [5.41, 5.74) is 0.764. The fourth-order valence-electron chi connectivity index (χ4n) is 3.36. The van der Waals surface area contributed by atoms with Gasteiger partial charge in [0.25, 0.3) is 5.91 Å². The number of nitrogens with one attached hydrogen (secondary N) is 1. The molecule has 8 heteroatoms. The number of halogens is 3. The Kier molecular flexibility index (Phi) is 9.01. The molecule has 0 spiro atoms. The number of amides is 2. The van der Waals surface area contributed by atoms with Gasteiger partial charge in [-0.15, -0.1) is 0 Å². The lowest BCUT2D eigenvalue weighted by Crippen LogP contribution is -2.49. The lowest BCUT2D eigenvalue weighted by molar-refractivity contribution is -0.142. The normalized spacial score (nSPS) is 11.8. The smallest absolute Gasteiger partial charge is 0.261 e. The molecule has 0 aliphatic carbocycles. The van der Waals surface area contributed by atoms with Crippen LogP contribution in [0.3, 0.4) is 0 Å². The number of carbonyl (C=O) groups excluding carboxylic acids is 2. The quantitative estimate of drug-likeness (QED) is 0.343. The summed E-state index contributed by atoms with van der Waals surface area (Å²) < 4.78 is 6.64. The molecule has 1 unspecified atom stereocenters. The van der Waals surface area contributed by atoms with Crippen molar-refractivity contribution in [3.63, 3.8) is 0 Å². The molecule has 174 valence electrons. The zero-order valence-corrected chi connectivity index (χ0v) is 21.5. The summed E-state index contributed by atoms with van der Waals surface area (Å²) in [6.07, 6.45) is 0.804. The highest BCUT2D eigenvalue weighted by molar-refractivity contribution is 9.10. The SMILES string of the molecule is CCCNC(=O)C(C)N(Cc1ccc(Cl)c(Cl)c1)C(=O)COc1ccc2ccccc2c1Br. The molecule has 2 amide bonds. The first-order valence-electron chi connectivity index (χ1n) is 10.6. The van der Waals surface area contributed by atoms with Crippen LogP contribution in [0.5, 0.6) is 5.75 Å². The number of fused-ring (bicyclic) bond motifs is 1. The third kappa shape index (κ3) is 6.40. The first-order valence-corrected chi connectivity index (χ1v) is 12.2. The van der Waals surface area contributed by atoms with E-state index < -0.39 is 6.04 Å². The fourth-order valence-corrected chi connectivity index (χ4v) is 4.29. The highest BCUT2D eigenvalue weighted by Gasteiger charge is 2.26. The maximum atomic E-state index is 13.2. The molecule has 0 aromatic heterocycles. The average Bonchev–Trinajstić information content (AvgIpc) is 2.82. The van der Waals surface area contributed by atoms with Gasteiger partial charge >= 0.3 is 0 Å². The van der Waals surface area contributed by atoms with Gasteiger partial charge in [-0.25, -0.2) is 0 Å². The molecule has 3 aromatic rings. The number of rotatable bonds is 9. The predicted molar refractivity (Wildman–Crippen MR) is 137 cm³/mol. The van der Waals surface area contributed by atoms with Crippen LogP contribution < -0.4 is 10.1 Å². The molecule has 0 heterocycles. The first kappa shape index (κ1) is 25.3. The topological polar surface area (TPSA) is 58.6 Å². The number of ether oxygens (including phenoxy) is 1. The Labute approximate surface area is 212 Å². The van der Waals surface area contributed by atoms with Crippen LogP contribution in [0.4, 0.5) is 0 Å². The zero-order valence-electron chi connectivity index (χ0n) is 18.4. The standard InChI is InChI=1S/C25H25BrCl2N2O3/c1-3-12-29-25(32)16(2)30(14-17-8-10-20(27)21(28)13-17)23(31)15-33-22-11-9-18-6-4-5-7-19(18)24(22)26/h4-11,13,16H,3,12,14-15H2,1-2H3,(H,29,32). The number of hydrogen-bond donors (Lipinski definition) is 1. The molecule has 1 atom stereocenters. The molecule has 33 heavy (non-hydrogen) atoms. The Morgan fingerprint density at radius 3 is 2.58 bits per heavy atom. The monoisotopic (exact) mass is 550 g/mol. The van der Waals surface area contributed by atoms with Crippen LogP contribution in [-0.2, 0) is 16.1 Å². The van der Waals surface area contributed by atoms with Gasteiger partial charge in [0.1, 0.15) is 11.8 Å². The lowest BCUT2D eigenvalue weighted by atomic mass is 10.1. The highest BCUT2D eigenvalue weighted by atomic mass is 79.9. The molecule has 0 bridgehead atoms. The van der Waals surface area contributed by atoms with Crippen LogP contribution in [0.1, 0.15) is 25.8 Å². The van der Waals surface area contributed by atoms with Gasteiger partial charge in [0, 0.05) is 13.1 Å². The van der Waals surface area contributed by atoms with Gasteiger partial charge in [-0.05, 0) is 63.8 Å². The van der Waals surface area contributed by atoms with E-state index in [1.165, 1.54) is 4.90 Å². The third-order valence-corrected chi connectivity index (χ3v) is 6.79. The number of hydrogen-bond acceptors (Lipinski definition) is 3. The second kappa shape index (κ2) is 11.7. The van der Waals surface area contributed by atoms with Crippen LogP contribution in [-0.4, -0.2) is 35.9 Å². The van der Waals surface area contributed by atoms with E-state index in [9.17, 15) is 9.59 Å². The minimum absolute atomic E-state index is 0.193. The second-order valence-electron chi connectivity index (χ2n) is 7.62. The van der Waals surface area contributed by atoms with E-state index in [-0.39, 0.29) is 25.0 Å². The van der Waals surface area contributed by atoms with E-state index in [1.807, 2.05) is 43.3 Å². The van der Waals surface area contributed by atoms with E-state index in [2.05, 4.69) is 21.2 Å². The van der Waals surface area contributed by atoms with E-state index in [4.69, 9.17) is 27.9 Å². The molecular weight excluding hydrogens is 527 g/mol.